The number of halogens is 1. The number of carbonyl (C=O) groups is 1. The minimum Gasteiger partial charge on any atom is -0.476 e. The van der Waals surface area contributed by atoms with Crippen molar-refractivity contribution in [3.8, 4) is 17.5 Å². The van der Waals surface area contributed by atoms with Gasteiger partial charge in [-0.3, -0.25) is 0 Å². The summed E-state index contributed by atoms with van der Waals surface area (Å²) in [6.07, 6.45) is 0. The van der Waals surface area contributed by atoms with Crippen LogP contribution < -0.4 is 0 Å². The summed E-state index contributed by atoms with van der Waals surface area (Å²) in [5.41, 5.74) is -0.225. The molecule has 96 valence electrons. The zero-order valence-electron chi connectivity index (χ0n) is 9.75. The van der Waals surface area contributed by atoms with Crippen LogP contribution in [0, 0.1) is 24.1 Å². The Balaban J connectivity index is 2.64. The molecular formula is C12H8FN3O3. The molecule has 19 heavy (non-hydrogen) atoms. The number of nitriles is 1. The fourth-order valence-corrected chi connectivity index (χ4v) is 1.70. The average molecular weight is 261 g/mol. The van der Waals surface area contributed by atoms with Crippen molar-refractivity contribution in [2.75, 3.05) is 0 Å². The summed E-state index contributed by atoms with van der Waals surface area (Å²) < 4.78 is 13.6. The molecule has 1 heterocycles. The number of nitrogens with zero attached hydrogens (tertiary/aromatic N) is 3. The van der Waals surface area contributed by atoms with Gasteiger partial charge >= 0.3 is 5.97 Å². The third-order valence-electron chi connectivity index (χ3n) is 2.58. The van der Waals surface area contributed by atoms with E-state index in [-0.39, 0.29) is 28.3 Å². The van der Waals surface area contributed by atoms with Gasteiger partial charge in [0.2, 0.25) is 0 Å². The molecular weight excluding hydrogens is 253 g/mol. The molecule has 0 saturated carbocycles. The van der Waals surface area contributed by atoms with Crippen LogP contribution in [-0.2, 0) is 0 Å². The molecule has 6 nitrogen and oxygen atoms in total. The van der Waals surface area contributed by atoms with E-state index in [0.717, 1.165) is 6.07 Å². The number of carboxylic acids is 1. The van der Waals surface area contributed by atoms with Gasteiger partial charge in [-0.05, 0) is 25.1 Å². The summed E-state index contributed by atoms with van der Waals surface area (Å²) in [7, 11) is 0. The van der Waals surface area contributed by atoms with E-state index in [9.17, 15) is 14.4 Å². The number of hydrogen-bond donors (Lipinski definition) is 2. The largest absolute Gasteiger partial charge is 0.476 e. The first-order valence-corrected chi connectivity index (χ1v) is 5.17. The van der Waals surface area contributed by atoms with Crippen LogP contribution in [0.25, 0.3) is 11.4 Å². The van der Waals surface area contributed by atoms with Crippen LogP contribution in [0.15, 0.2) is 18.2 Å². The summed E-state index contributed by atoms with van der Waals surface area (Å²) in [5.74, 6) is -2.09. The zero-order chi connectivity index (χ0) is 14.2. The van der Waals surface area contributed by atoms with Crippen LogP contribution in [0.1, 0.15) is 21.7 Å². The highest BCUT2D eigenvalue weighted by molar-refractivity contribution is 5.88. The Morgan fingerprint density at radius 1 is 1.53 bits per heavy atom. The number of imidazole rings is 1. The maximum absolute atomic E-state index is 13.2. The van der Waals surface area contributed by atoms with Gasteiger partial charge in [-0.15, -0.1) is 0 Å². The van der Waals surface area contributed by atoms with Gasteiger partial charge in [0, 0.05) is 5.56 Å². The number of carboxylic acid groups (broad SMARTS) is 1. The Bertz CT molecular complexity index is 716. The molecule has 2 rings (SSSR count). The number of hydrogen-bond acceptors (Lipinski definition) is 4. The molecule has 0 aliphatic rings. The SMILES string of the molecule is Cc1nc(-c2ccc(F)c(C#N)c2)n(O)c1C(=O)O. The number of aryl methyl sites for hydroxylation is 1. The lowest BCUT2D eigenvalue weighted by Gasteiger charge is -2.02. The van der Waals surface area contributed by atoms with Gasteiger partial charge in [-0.1, -0.05) is 0 Å². The van der Waals surface area contributed by atoms with Crippen LogP contribution in [0.4, 0.5) is 4.39 Å². The molecule has 0 atom stereocenters. The molecule has 2 N–H and O–H groups in total. The topological polar surface area (TPSA) is 99.1 Å². The molecule has 1 aromatic heterocycles. The van der Waals surface area contributed by atoms with Crippen molar-refractivity contribution < 1.29 is 19.5 Å². The summed E-state index contributed by atoms with van der Waals surface area (Å²) in [6.45, 7) is 1.43. The quantitative estimate of drug-likeness (QED) is 0.803. The summed E-state index contributed by atoms with van der Waals surface area (Å²) in [4.78, 5) is 14.8. The fourth-order valence-electron chi connectivity index (χ4n) is 1.70. The van der Waals surface area contributed by atoms with E-state index >= 15 is 0 Å². The number of aromatic nitrogens is 2. The first kappa shape index (κ1) is 12.6. The molecule has 0 radical (unpaired) electrons. The van der Waals surface area contributed by atoms with Gasteiger partial charge < -0.3 is 10.3 Å². The second kappa shape index (κ2) is 4.42. The third kappa shape index (κ3) is 1.99. The number of rotatable bonds is 2. The molecule has 0 aliphatic heterocycles. The van der Waals surface area contributed by atoms with Crippen molar-refractivity contribution in [2.24, 2.45) is 0 Å². The maximum atomic E-state index is 13.2. The summed E-state index contributed by atoms with van der Waals surface area (Å²) in [5, 5.41) is 27.4. The van der Waals surface area contributed by atoms with E-state index in [1.165, 1.54) is 19.1 Å². The van der Waals surface area contributed by atoms with Crippen LogP contribution in [0.2, 0.25) is 0 Å². The summed E-state index contributed by atoms with van der Waals surface area (Å²) >= 11 is 0. The lowest BCUT2D eigenvalue weighted by atomic mass is 10.1. The highest BCUT2D eigenvalue weighted by Crippen LogP contribution is 2.23. The Labute approximate surface area is 106 Å². The molecule has 0 unspecified atom stereocenters. The van der Waals surface area contributed by atoms with Gasteiger partial charge in [-0.25, -0.2) is 14.2 Å². The summed E-state index contributed by atoms with van der Waals surface area (Å²) in [6, 6.07) is 5.20. The van der Waals surface area contributed by atoms with Crippen molar-refractivity contribution in [2.45, 2.75) is 6.92 Å². The predicted molar refractivity (Wildman–Crippen MR) is 61.2 cm³/mol. The van der Waals surface area contributed by atoms with Crippen molar-refractivity contribution in [1.82, 2.24) is 9.71 Å². The van der Waals surface area contributed by atoms with Gasteiger partial charge in [0.1, 0.15) is 11.9 Å². The second-order valence-electron chi connectivity index (χ2n) is 3.79. The Morgan fingerprint density at radius 2 is 2.21 bits per heavy atom. The molecule has 0 spiro atoms. The minimum absolute atomic E-state index is 0.0635. The monoisotopic (exact) mass is 261 g/mol. The highest BCUT2D eigenvalue weighted by Gasteiger charge is 2.21. The predicted octanol–water partition coefficient (Wildman–Crippen LogP) is 1.80. The Kier molecular flexibility index (Phi) is 2.92. The van der Waals surface area contributed by atoms with Crippen molar-refractivity contribution >= 4 is 5.97 Å². The lowest BCUT2D eigenvalue weighted by Crippen LogP contribution is -2.07. The van der Waals surface area contributed by atoms with E-state index < -0.39 is 11.8 Å². The average Bonchev–Trinajstić information content (AvgIpc) is 2.65. The second-order valence-corrected chi connectivity index (χ2v) is 3.79. The van der Waals surface area contributed by atoms with Gasteiger partial charge in [0.05, 0.1) is 11.3 Å². The van der Waals surface area contributed by atoms with E-state index in [1.807, 2.05) is 0 Å². The van der Waals surface area contributed by atoms with Crippen LogP contribution in [0.5, 0.6) is 0 Å². The van der Waals surface area contributed by atoms with Gasteiger partial charge in [-0.2, -0.15) is 9.99 Å². The van der Waals surface area contributed by atoms with Crippen molar-refractivity contribution in [1.29, 1.82) is 5.26 Å². The van der Waals surface area contributed by atoms with Crippen LogP contribution in [-0.4, -0.2) is 26.0 Å². The lowest BCUT2D eigenvalue weighted by molar-refractivity contribution is 0.0645. The molecule has 0 amide bonds. The zero-order valence-corrected chi connectivity index (χ0v) is 9.75. The van der Waals surface area contributed by atoms with Gasteiger partial charge in [0.25, 0.3) is 0 Å². The van der Waals surface area contributed by atoms with E-state index in [4.69, 9.17) is 10.4 Å². The molecule has 2 aromatic rings. The normalized spacial score (nSPS) is 10.2. The van der Waals surface area contributed by atoms with Crippen LogP contribution >= 0.6 is 0 Å². The number of aromatic carboxylic acids is 1. The number of benzene rings is 1. The highest BCUT2D eigenvalue weighted by atomic mass is 19.1. The molecule has 0 fully saturated rings. The third-order valence-corrected chi connectivity index (χ3v) is 2.58. The Hall–Kier alpha value is -2.88. The maximum Gasteiger partial charge on any atom is 0.357 e. The first-order chi connectivity index (χ1) is 8.95. The molecule has 1 aromatic carbocycles. The molecule has 7 heteroatoms. The first-order valence-electron chi connectivity index (χ1n) is 5.17. The minimum atomic E-state index is -1.33. The van der Waals surface area contributed by atoms with E-state index in [1.54, 1.807) is 6.07 Å². The van der Waals surface area contributed by atoms with Gasteiger partial charge in [0.15, 0.2) is 11.5 Å². The molecule has 0 bridgehead atoms. The standard InChI is InChI=1S/C12H8FN3O3/c1-6-10(12(17)18)16(19)11(15-6)7-2-3-9(13)8(4-7)5-14/h2-4,19H,1H3,(H,17,18). The van der Waals surface area contributed by atoms with Crippen molar-refractivity contribution in [3.63, 3.8) is 0 Å². The van der Waals surface area contributed by atoms with Crippen LogP contribution in [0.3, 0.4) is 0 Å². The smallest absolute Gasteiger partial charge is 0.357 e. The van der Waals surface area contributed by atoms with Crippen molar-refractivity contribution in [3.05, 3.63) is 41.0 Å². The molecule has 0 saturated heterocycles. The molecule has 0 aliphatic carbocycles. The van der Waals surface area contributed by atoms with E-state index in [0.29, 0.717) is 4.73 Å². The fraction of sp³-hybridized carbons (Fsp3) is 0.0833. The Morgan fingerprint density at radius 3 is 2.74 bits per heavy atom. The van der Waals surface area contributed by atoms with E-state index in [2.05, 4.69) is 4.98 Å².